The summed E-state index contributed by atoms with van der Waals surface area (Å²) in [5.41, 5.74) is 12.8. The highest BCUT2D eigenvalue weighted by molar-refractivity contribution is 5.75. The maximum atomic E-state index is 11.0. The number of rotatable bonds is 8. The van der Waals surface area contributed by atoms with Crippen LogP contribution in [0.3, 0.4) is 0 Å². The Kier molecular flexibility index (Phi) is 6.22. The number of unbranched alkanes of at least 4 members (excludes halogenated alkanes) is 2. The minimum atomic E-state index is -0.276. The highest BCUT2D eigenvalue weighted by atomic mass is 16.1. The third-order valence-electron chi connectivity index (χ3n) is 2.84. The summed E-state index contributed by atoms with van der Waals surface area (Å²) in [4.78, 5) is 13.1. The van der Waals surface area contributed by atoms with Gasteiger partial charge in [-0.15, -0.1) is 0 Å². The van der Waals surface area contributed by atoms with E-state index in [4.69, 9.17) is 11.5 Å². The van der Waals surface area contributed by atoms with Crippen LogP contribution in [-0.2, 0) is 11.3 Å². The fourth-order valence-corrected chi connectivity index (χ4v) is 1.90. The molecule has 0 saturated carbocycles. The molecule has 0 spiro atoms. The van der Waals surface area contributed by atoms with E-state index < -0.39 is 0 Å². The Hall–Kier alpha value is -1.55. The molecule has 0 unspecified atom stereocenters. The highest BCUT2D eigenvalue weighted by Crippen LogP contribution is 2.09. The van der Waals surface area contributed by atoms with E-state index in [1.54, 1.807) is 0 Å². The average molecular weight is 249 g/mol. The minimum absolute atomic E-state index is 0.276. The summed E-state index contributed by atoms with van der Waals surface area (Å²) < 4.78 is 0. The molecule has 0 aliphatic heterocycles. The van der Waals surface area contributed by atoms with Crippen LogP contribution in [0.2, 0.25) is 0 Å². The number of carbonyl (C=O) groups excluding carboxylic acids is 1. The molecule has 0 aliphatic rings. The Morgan fingerprint density at radius 3 is 2.44 bits per heavy atom. The molecule has 1 rings (SSSR count). The second kappa shape index (κ2) is 7.71. The van der Waals surface area contributed by atoms with E-state index in [2.05, 4.69) is 11.8 Å². The molecular formula is C14H23N3O. The first-order valence-electron chi connectivity index (χ1n) is 6.47. The van der Waals surface area contributed by atoms with E-state index in [9.17, 15) is 4.79 Å². The average Bonchev–Trinajstić information content (AvgIpc) is 2.31. The zero-order valence-electron chi connectivity index (χ0n) is 11.1. The van der Waals surface area contributed by atoms with E-state index in [1.807, 2.05) is 24.3 Å². The van der Waals surface area contributed by atoms with Crippen LogP contribution in [-0.4, -0.2) is 23.9 Å². The van der Waals surface area contributed by atoms with E-state index in [-0.39, 0.29) is 5.91 Å². The minimum Gasteiger partial charge on any atom is -0.399 e. The molecular weight excluding hydrogens is 226 g/mol. The highest BCUT2D eigenvalue weighted by Gasteiger charge is 2.08. The number of amides is 1. The second-order valence-corrected chi connectivity index (χ2v) is 4.63. The van der Waals surface area contributed by atoms with Crippen LogP contribution in [0, 0.1) is 0 Å². The zero-order valence-corrected chi connectivity index (χ0v) is 11.1. The summed E-state index contributed by atoms with van der Waals surface area (Å²) in [6.07, 6.45) is 3.45. The van der Waals surface area contributed by atoms with Crippen molar-refractivity contribution in [1.82, 2.24) is 4.90 Å². The first-order valence-corrected chi connectivity index (χ1v) is 6.47. The van der Waals surface area contributed by atoms with Gasteiger partial charge in [0.2, 0.25) is 5.91 Å². The van der Waals surface area contributed by atoms with Crippen LogP contribution >= 0.6 is 0 Å². The van der Waals surface area contributed by atoms with E-state index >= 15 is 0 Å². The number of hydrogen-bond donors (Lipinski definition) is 2. The Labute approximate surface area is 109 Å². The van der Waals surface area contributed by atoms with Gasteiger partial charge in [-0.1, -0.05) is 31.9 Å². The van der Waals surface area contributed by atoms with Gasteiger partial charge in [0.15, 0.2) is 0 Å². The molecule has 1 aromatic rings. The predicted molar refractivity (Wildman–Crippen MR) is 74.9 cm³/mol. The number of anilines is 1. The molecule has 0 aromatic heterocycles. The standard InChI is InChI=1S/C14H23N3O/c1-2-3-4-9-17(11-14(16)18)10-12-5-7-13(15)8-6-12/h5-8H,2-4,9-11,15H2,1H3,(H2,16,18). The van der Waals surface area contributed by atoms with Crippen LogP contribution in [0.15, 0.2) is 24.3 Å². The summed E-state index contributed by atoms with van der Waals surface area (Å²) in [5.74, 6) is -0.276. The van der Waals surface area contributed by atoms with Crippen LogP contribution in [0.4, 0.5) is 5.69 Å². The number of benzene rings is 1. The SMILES string of the molecule is CCCCCN(CC(N)=O)Cc1ccc(N)cc1. The Morgan fingerprint density at radius 2 is 1.89 bits per heavy atom. The summed E-state index contributed by atoms with van der Waals surface area (Å²) in [7, 11) is 0. The smallest absolute Gasteiger partial charge is 0.231 e. The fourth-order valence-electron chi connectivity index (χ4n) is 1.90. The van der Waals surface area contributed by atoms with Crippen molar-refractivity contribution in [2.75, 3.05) is 18.8 Å². The molecule has 4 heteroatoms. The Bertz CT molecular complexity index is 362. The van der Waals surface area contributed by atoms with Crippen LogP contribution in [0.1, 0.15) is 31.7 Å². The van der Waals surface area contributed by atoms with Gasteiger partial charge >= 0.3 is 0 Å². The molecule has 0 aliphatic carbocycles. The second-order valence-electron chi connectivity index (χ2n) is 4.63. The molecule has 1 amide bonds. The lowest BCUT2D eigenvalue weighted by molar-refractivity contribution is -0.119. The van der Waals surface area contributed by atoms with Gasteiger partial charge < -0.3 is 11.5 Å². The van der Waals surface area contributed by atoms with E-state index in [0.717, 1.165) is 30.8 Å². The number of carbonyl (C=O) groups is 1. The van der Waals surface area contributed by atoms with Crippen molar-refractivity contribution in [3.05, 3.63) is 29.8 Å². The molecule has 0 bridgehead atoms. The molecule has 18 heavy (non-hydrogen) atoms. The lowest BCUT2D eigenvalue weighted by atomic mass is 10.2. The molecule has 0 radical (unpaired) electrons. The van der Waals surface area contributed by atoms with Crippen LogP contribution in [0.25, 0.3) is 0 Å². The maximum Gasteiger partial charge on any atom is 0.231 e. The number of nitrogens with zero attached hydrogens (tertiary/aromatic N) is 1. The van der Waals surface area contributed by atoms with Crippen molar-refractivity contribution < 1.29 is 4.79 Å². The zero-order chi connectivity index (χ0) is 13.4. The molecule has 0 fully saturated rings. The van der Waals surface area contributed by atoms with Crippen molar-refractivity contribution >= 4 is 11.6 Å². The largest absolute Gasteiger partial charge is 0.399 e. The van der Waals surface area contributed by atoms with Gasteiger partial charge in [-0.25, -0.2) is 0 Å². The summed E-state index contributed by atoms with van der Waals surface area (Å²) >= 11 is 0. The summed E-state index contributed by atoms with van der Waals surface area (Å²) in [6, 6.07) is 7.74. The summed E-state index contributed by atoms with van der Waals surface area (Å²) in [6.45, 7) is 4.13. The van der Waals surface area contributed by atoms with Crippen molar-refractivity contribution in [3.8, 4) is 0 Å². The lowest BCUT2D eigenvalue weighted by Crippen LogP contribution is -2.34. The van der Waals surface area contributed by atoms with Gasteiger partial charge in [-0.05, 0) is 30.7 Å². The number of primary amides is 1. The first-order chi connectivity index (χ1) is 8.61. The number of nitrogens with two attached hydrogens (primary N) is 2. The molecule has 0 atom stereocenters. The first kappa shape index (κ1) is 14.5. The summed E-state index contributed by atoms with van der Waals surface area (Å²) in [5, 5.41) is 0. The van der Waals surface area contributed by atoms with E-state index in [1.165, 1.54) is 12.8 Å². The monoisotopic (exact) mass is 249 g/mol. The van der Waals surface area contributed by atoms with E-state index in [0.29, 0.717) is 6.54 Å². The van der Waals surface area contributed by atoms with Crippen molar-refractivity contribution in [2.45, 2.75) is 32.7 Å². The Morgan fingerprint density at radius 1 is 1.22 bits per heavy atom. The molecule has 1 aromatic carbocycles. The molecule has 0 heterocycles. The van der Waals surface area contributed by atoms with Gasteiger partial charge in [0.1, 0.15) is 0 Å². The quantitative estimate of drug-likeness (QED) is 0.544. The van der Waals surface area contributed by atoms with Crippen molar-refractivity contribution in [1.29, 1.82) is 0 Å². The number of hydrogen-bond acceptors (Lipinski definition) is 3. The predicted octanol–water partition coefficient (Wildman–Crippen LogP) is 1.75. The van der Waals surface area contributed by atoms with Crippen LogP contribution < -0.4 is 11.5 Å². The van der Waals surface area contributed by atoms with Crippen molar-refractivity contribution in [3.63, 3.8) is 0 Å². The Balaban J connectivity index is 2.53. The topological polar surface area (TPSA) is 72.3 Å². The third-order valence-corrected chi connectivity index (χ3v) is 2.84. The van der Waals surface area contributed by atoms with Gasteiger partial charge in [0.05, 0.1) is 6.54 Å². The fraction of sp³-hybridized carbons (Fsp3) is 0.500. The molecule has 4 nitrogen and oxygen atoms in total. The molecule has 100 valence electrons. The molecule has 0 saturated heterocycles. The third kappa shape index (κ3) is 5.68. The number of nitrogen functional groups attached to an aromatic ring is 1. The lowest BCUT2D eigenvalue weighted by Gasteiger charge is -2.20. The molecule has 4 N–H and O–H groups in total. The van der Waals surface area contributed by atoms with Crippen LogP contribution in [0.5, 0.6) is 0 Å². The van der Waals surface area contributed by atoms with Gasteiger partial charge in [-0.2, -0.15) is 0 Å². The normalized spacial score (nSPS) is 10.8. The van der Waals surface area contributed by atoms with Gasteiger partial charge in [0, 0.05) is 12.2 Å². The van der Waals surface area contributed by atoms with Gasteiger partial charge in [-0.3, -0.25) is 9.69 Å². The van der Waals surface area contributed by atoms with Gasteiger partial charge in [0.25, 0.3) is 0 Å². The van der Waals surface area contributed by atoms with Crippen molar-refractivity contribution in [2.24, 2.45) is 5.73 Å². The maximum absolute atomic E-state index is 11.0.